The second-order valence-electron chi connectivity index (χ2n) is 6.41. The maximum atomic E-state index is 12.6. The molecule has 0 radical (unpaired) electrons. The molecule has 3 heteroatoms. The average Bonchev–Trinajstić information content (AvgIpc) is 3.06. The molecule has 1 aliphatic carbocycles. The minimum Gasteiger partial charge on any atom is -0.464 e. The quantitative estimate of drug-likeness (QED) is 0.683. The summed E-state index contributed by atoms with van der Waals surface area (Å²) in [5.74, 6) is 0.523. The van der Waals surface area contributed by atoms with Gasteiger partial charge in [-0.15, -0.1) is 0 Å². The highest BCUT2D eigenvalue weighted by Crippen LogP contribution is 2.34. The molecule has 1 aromatic rings. The molecule has 1 saturated carbocycles. The lowest BCUT2D eigenvalue weighted by atomic mass is 9.88. The molecule has 0 aromatic heterocycles. The Hall–Kier alpha value is -1.35. The van der Waals surface area contributed by atoms with Gasteiger partial charge in [0.15, 0.2) is 0 Å². The third kappa shape index (κ3) is 5.13. The van der Waals surface area contributed by atoms with E-state index in [1.54, 1.807) is 0 Å². The lowest BCUT2D eigenvalue weighted by molar-refractivity contribution is -0.146. The summed E-state index contributed by atoms with van der Waals surface area (Å²) in [6.45, 7) is 4.36. The minimum atomic E-state index is -0.101. The van der Waals surface area contributed by atoms with E-state index in [0.717, 1.165) is 25.1 Å². The maximum Gasteiger partial charge on any atom is 0.313 e. The first-order valence-corrected chi connectivity index (χ1v) is 8.60. The van der Waals surface area contributed by atoms with Gasteiger partial charge in [-0.25, -0.2) is 0 Å². The summed E-state index contributed by atoms with van der Waals surface area (Å²) < 4.78 is 5.56. The first-order valence-electron chi connectivity index (χ1n) is 8.60. The lowest BCUT2D eigenvalue weighted by Crippen LogP contribution is -2.26. The largest absolute Gasteiger partial charge is 0.464 e. The van der Waals surface area contributed by atoms with Gasteiger partial charge in [-0.05, 0) is 31.5 Å². The summed E-state index contributed by atoms with van der Waals surface area (Å²) >= 11 is 0. The number of rotatable bonds is 8. The van der Waals surface area contributed by atoms with Gasteiger partial charge >= 0.3 is 5.97 Å². The Kier molecular flexibility index (Phi) is 6.91. The van der Waals surface area contributed by atoms with Gasteiger partial charge in [0.2, 0.25) is 0 Å². The van der Waals surface area contributed by atoms with E-state index in [1.165, 1.54) is 25.7 Å². The Labute approximate surface area is 134 Å². The number of ether oxygens (including phenoxy) is 1. The van der Waals surface area contributed by atoms with E-state index in [2.05, 4.69) is 24.0 Å². The van der Waals surface area contributed by atoms with Gasteiger partial charge in [-0.1, -0.05) is 62.9 Å². The molecule has 0 saturated heterocycles. The number of carbonyl (C=O) groups is 1. The minimum absolute atomic E-state index is 0.0531. The third-order valence-corrected chi connectivity index (χ3v) is 4.79. The second-order valence-corrected chi connectivity index (χ2v) is 6.41. The molecule has 22 heavy (non-hydrogen) atoms. The van der Waals surface area contributed by atoms with Crippen molar-refractivity contribution in [3.8, 4) is 0 Å². The van der Waals surface area contributed by atoms with E-state index >= 15 is 0 Å². The molecule has 0 spiro atoms. The monoisotopic (exact) mass is 303 g/mol. The van der Waals surface area contributed by atoms with Crippen LogP contribution in [0.15, 0.2) is 30.3 Å². The Morgan fingerprint density at radius 3 is 2.59 bits per heavy atom. The van der Waals surface area contributed by atoms with Gasteiger partial charge in [-0.3, -0.25) is 4.79 Å². The molecule has 0 aliphatic heterocycles. The standard InChI is InChI=1S/C19H29NO2/c1-3-20(2)13-14-22-19(21)18(15-16-9-7-8-10-16)17-11-5-4-6-12-17/h4-6,11-12,16,18H,3,7-10,13-15H2,1-2H3. The van der Waals surface area contributed by atoms with Gasteiger partial charge in [0.1, 0.15) is 6.61 Å². The van der Waals surface area contributed by atoms with Crippen molar-refractivity contribution in [3.63, 3.8) is 0 Å². The number of nitrogens with zero attached hydrogens (tertiary/aromatic N) is 1. The van der Waals surface area contributed by atoms with Crippen molar-refractivity contribution in [2.75, 3.05) is 26.7 Å². The molecule has 2 rings (SSSR count). The van der Waals surface area contributed by atoms with E-state index in [0.29, 0.717) is 12.5 Å². The zero-order valence-electron chi connectivity index (χ0n) is 14.0. The van der Waals surface area contributed by atoms with E-state index in [4.69, 9.17) is 4.74 Å². The SMILES string of the molecule is CCN(C)CCOC(=O)C(CC1CCCC1)c1ccccc1. The molecular weight excluding hydrogens is 274 g/mol. The lowest BCUT2D eigenvalue weighted by Gasteiger charge is -2.21. The van der Waals surface area contributed by atoms with E-state index in [9.17, 15) is 4.79 Å². The summed E-state index contributed by atoms with van der Waals surface area (Å²) in [7, 11) is 2.04. The van der Waals surface area contributed by atoms with Crippen LogP contribution in [0, 0.1) is 5.92 Å². The van der Waals surface area contributed by atoms with Gasteiger partial charge in [0.25, 0.3) is 0 Å². The van der Waals surface area contributed by atoms with Crippen LogP contribution >= 0.6 is 0 Å². The third-order valence-electron chi connectivity index (χ3n) is 4.79. The molecule has 0 N–H and O–H groups in total. The van der Waals surface area contributed by atoms with Gasteiger partial charge in [0, 0.05) is 6.54 Å². The Morgan fingerprint density at radius 1 is 1.27 bits per heavy atom. The topological polar surface area (TPSA) is 29.5 Å². The molecule has 0 heterocycles. The molecule has 1 atom stereocenters. The fraction of sp³-hybridized carbons (Fsp3) is 0.632. The van der Waals surface area contributed by atoms with Crippen LogP contribution < -0.4 is 0 Å². The van der Waals surface area contributed by atoms with Crippen LogP contribution in [0.1, 0.15) is 50.5 Å². The van der Waals surface area contributed by atoms with Gasteiger partial charge in [0.05, 0.1) is 5.92 Å². The van der Waals surface area contributed by atoms with Crippen LogP contribution in [-0.2, 0) is 9.53 Å². The molecular formula is C19H29NO2. The number of esters is 1. The van der Waals surface area contributed by atoms with Crippen molar-refractivity contribution in [3.05, 3.63) is 35.9 Å². The van der Waals surface area contributed by atoms with Crippen LogP contribution in [0.5, 0.6) is 0 Å². The molecule has 3 nitrogen and oxygen atoms in total. The summed E-state index contributed by atoms with van der Waals surface area (Å²) in [6, 6.07) is 10.1. The van der Waals surface area contributed by atoms with E-state index < -0.39 is 0 Å². The molecule has 1 unspecified atom stereocenters. The predicted molar refractivity (Wildman–Crippen MR) is 89.9 cm³/mol. The van der Waals surface area contributed by atoms with Crippen LogP contribution in [0.3, 0.4) is 0 Å². The number of benzene rings is 1. The fourth-order valence-electron chi connectivity index (χ4n) is 3.19. The first kappa shape index (κ1) is 17.0. The second kappa shape index (κ2) is 8.94. The van der Waals surface area contributed by atoms with Gasteiger partial charge < -0.3 is 9.64 Å². The summed E-state index contributed by atoms with van der Waals surface area (Å²) in [6.07, 6.45) is 6.07. The van der Waals surface area contributed by atoms with Crippen molar-refractivity contribution in [2.24, 2.45) is 5.92 Å². The van der Waals surface area contributed by atoms with Crippen molar-refractivity contribution < 1.29 is 9.53 Å². The highest BCUT2D eigenvalue weighted by atomic mass is 16.5. The Morgan fingerprint density at radius 2 is 1.95 bits per heavy atom. The zero-order valence-corrected chi connectivity index (χ0v) is 14.0. The number of hydrogen-bond donors (Lipinski definition) is 0. The Bertz CT molecular complexity index is 440. The van der Waals surface area contributed by atoms with Crippen molar-refractivity contribution >= 4 is 5.97 Å². The van der Waals surface area contributed by atoms with Gasteiger partial charge in [-0.2, -0.15) is 0 Å². The molecule has 0 amide bonds. The highest BCUT2D eigenvalue weighted by molar-refractivity contribution is 5.78. The Balaban J connectivity index is 1.95. The van der Waals surface area contributed by atoms with Crippen LogP contribution in [-0.4, -0.2) is 37.6 Å². The van der Waals surface area contributed by atoms with E-state index in [1.807, 2.05) is 25.2 Å². The summed E-state index contributed by atoms with van der Waals surface area (Å²) in [4.78, 5) is 14.7. The number of carbonyl (C=O) groups excluding carboxylic acids is 1. The summed E-state index contributed by atoms with van der Waals surface area (Å²) in [5.41, 5.74) is 1.10. The maximum absolute atomic E-state index is 12.6. The molecule has 1 aromatic carbocycles. The normalized spacial score (nSPS) is 16.9. The van der Waals surface area contributed by atoms with Crippen LogP contribution in [0.2, 0.25) is 0 Å². The van der Waals surface area contributed by atoms with Crippen molar-refractivity contribution in [1.82, 2.24) is 4.90 Å². The highest BCUT2D eigenvalue weighted by Gasteiger charge is 2.27. The molecule has 1 fully saturated rings. The first-order chi connectivity index (χ1) is 10.7. The molecule has 1 aliphatic rings. The van der Waals surface area contributed by atoms with Crippen molar-refractivity contribution in [2.45, 2.75) is 44.9 Å². The van der Waals surface area contributed by atoms with E-state index in [-0.39, 0.29) is 11.9 Å². The smallest absolute Gasteiger partial charge is 0.313 e. The fourth-order valence-corrected chi connectivity index (χ4v) is 3.19. The zero-order chi connectivity index (χ0) is 15.8. The predicted octanol–water partition coefficient (Wildman–Crippen LogP) is 3.85. The molecule has 0 bridgehead atoms. The van der Waals surface area contributed by atoms with Crippen LogP contribution in [0.25, 0.3) is 0 Å². The van der Waals surface area contributed by atoms with Crippen LogP contribution in [0.4, 0.5) is 0 Å². The summed E-state index contributed by atoms with van der Waals surface area (Å²) in [5, 5.41) is 0. The molecule has 122 valence electrons. The average molecular weight is 303 g/mol. The number of hydrogen-bond acceptors (Lipinski definition) is 3. The van der Waals surface area contributed by atoms with Crippen molar-refractivity contribution in [1.29, 1.82) is 0 Å². The number of likely N-dealkylation sites (N-methyl/N-ethyl adjacent to an activating group) is 1.